The van der Waals surface area contributed by atoms with Crippen molar-refractivity contribution in [2.75, 3.05) is 6.54 Å². The minimum absolute atomic E-state index is 0. The molecule has 2 N–H and O–H groups in total. The van der Waals surface area contributed by atoms with Crippen LogP contribution in [0.3, 0.4) is 0 Å². The first-order valence-electron chi connectivity index (χ1n) is 8.35. The van der Waals surface area contributed by atoms with Crippen LogP contribution in [-0.4, -0.2) is 22.1 Å². The number of aliphatic imine (C=N–C) groups is 1. The summed E-state index contributed by atoms with van der Waals surface area (Å²) in [6, 6.07) is 7.77. The lowest BCUT2D eigenvalue weighted by Gasteiger charge is -2.13. The van der Waals surface area contributed by atoms with Gasteiger partial charge in [-0.3, -0.25) is 0 Å². The van der Waals surface area contributed by atoms with Crippen LogP contribution >= 0.6 is 35.6 Å². The summed E-state index contributed by atoms with van der Waals surface area (Å²) in [5.41, 5.74) is 1.08. The number of nitrogens with one attached hydrogen (secondary N) is 2. The normalized spacial score (nSPS) is 11.3. The Morgan fingerprint density at radius 3 is 2.80 bits per heavy atom. The lowest BCUT2D eigenvalue weighted by molar-refractivity contribution is 0.503. The fourth-order valence-electron chi connectivity index (χ4n) is 2.38. The van der Waals surface area contributed by atoms with Crippen LogP contribution in [0, 0.1) is 5.92 Å². The molecule has 0 aliphatic rings. The smallest absolute Gasteiger partial charge is 0.191 e. The van der Waals surface area contributed by atoms with Crippen molar-refractivity contribution >= 4 is 41.5 Å². The summed E-state index contributed by atoms with van der Waals surface area (Å²) in [4.78, 5) is 9.05. The van der Waals surface area contributed by atoms with E-state index in [0.717, 1.165) is 35.5 Å². The van der Waals surface area contributed by atoms with Gasteiger partial charge in [0.15, 0.2) is 5.96 Å². The molecule has 0 amide bonds. The molecule has 1 aromatic heterocycles. The van der Waals surface area contributed by atoms with E-state index in [9.17, 15) is 0 Å². The summed E-state index contributed by atoms with van der Waals surface area (Å²) in [7, 11) is 0. The highest BCUT2D eigenvalue weighted by molar-refractivity contribution is 14.0. The van der Waals surface area contributed by atoms with Crippen molar-refractivity contribution in [3.63, 3.8) is 0 Å². The summed E-state index contributed by atoms with van der Waals surface area (Å²) in [6.45, 7) is 9.45. The van der Waals surface area contributed by atoms with Gasteiger partial charge in [-0.15, -0.1) is 24.0 Å². The first-order valence-corrected chi connectivity index (χ1v) is 8.73. The fourth-order valence-corrected chi connectivity index (χ4v) is 2.59. The maximum atomic E-state index is 6.02. The second-order valence-corrected chi connectivity index (χ2v) is 6.50. The third-order valence-corrected chi connectivity index (χ3v) is 3.67. The van der Waals surface area contributed by atoms with Crippen molar-refractivity contribution < 1.29 is 0 Å². The van der Waals surface area contributed by atoms with E-state index in [4.69, 9.17) is 11.6 Å². The molecule has 138 valence electrons. The summed E-state index contributed by atoms with van der Waals surface area (Å²) < 4.78 is 2.18. The fraction of sp³-hybridized carbons (Fsp3) is 0.444. The maximum Gasteiger partial charge on any atom is 0.191 e. The first-order chi connectivity index (χ1) is 11.6. The molecule has 2 rings (SSSR count). The van der Waals surface area contributed by atoms with Crippen molar-refractivity contribution in [3.05, 3.63) is 53.1 Å². The van der Waals surface area contributed by atoms with E-state index in [1.165, 1.54) is 0 Å². The molecule has 7 heteroatoms. The SMILES string of the molecule is CCNC(=NCc1cccc(Cl)c1)NCc1nccn1CC(C)C.I. The van der Waals surface area contributed by atoms with Gasteiger partial charge in [-0.2, -0.15) is 0 Å². The predicted molar refractivity (Wildman–Crippen MR) is 116 cm³/mol. The van der Waals surface area contributed by atoms with E-state index < -0.39 is 0 Å². The Labute approximate surface area is 172 Å². The molecule has 0 bridgehead atoms. The van der Waals surface area contributed by atoms with Gasteiger partial charge in [0.2, 0.25) is 0 Å². The number of hydrogen-bond donors (Lipinski definition) is 2. The molecule has 2 aromatic rings. The molecule has 0 unspecified atom stereocenters. The quantitative estimate of drug-likeness (QED) is 0.361. The molecule has 0 radical (unpaired) electrons. The van der Waals surface area contributed by atoms with Crippen LogP contribution < -0.4 is 10.6 Å². The number of imidazole rings is 1. The van der Waals surface area contributed by atoms with Crippen LogP contribution in [-0.2, 0) is 19.6 Å². The Kier molecular flexibility index (Phi) is 9.89. The Balaban J connectivity index is 0.00000312. The summed E-state index contributed by atoms with van der Waals surface area (Å²) in [5, 5.41) is 7.34. The zero-order valence-electron chi connectivity index (χ0n) is 15.0. The first kappa shape index (κ1) is 21.8. The number of benzene rings is 1. The van der Waals surface area contributed by atoms with Gasteiger partial charge >= 0.3 is 0 Å². The van der Waals surface area contributed by atoms with E-state index in [1.807, 2.05) is 36.7 Å². The lowest BCUT2D eigenvalue weighted by Crippen LogP contribution is -2.37. The van der Waals surface area contributed by atoms with Gasteiger partial charge in [-0.1, -0.05) is 37.6 Å². The molecular weight excluding hydrogens is 449 g/mol. The largest absolute Gasteiger partial charge is 0.357 e. The molecule has 0 aliphatic carbocycles. The van der Waals surface area contributed by atoms with Gasteiger partial charge < -0.3 is 15.2 Å². The van der Waals surface area contributed by atoms with Crippen LogP contribution in [0.5, 0.6) is 0 Å². The highest BCUT2D eigenvalue weighted by Gasteiger charge is 2.06. The second-order valence-electron chi connectivity index (χ2n) is 6.07. The number of rotatable bonds is 7. The van der Waals surface area contributed by atoms with Crippen LogP contribution in [0.1, 0.15) is 32.2 Å². The Morgan fingerprint density at radius 2 is 2.12 bits per heavy atom. The molecular formula is C18H27ClIN5. The summed E-state index contributed by atoms with van der Waals surface area (Å²) in [6.07, 6.45) is 3.86. The van der Waals surface area contributed by atoms with Crippen molar-refractivity contribution in [3.8, 4) is 0 Å². The standard InChI is InChI=1S/C18H26ClN5.HI/c1-4-20-18(22-11-15-6-5-7-16(19)10-15)23-12-17-21-8-9-24(17)13-14(2)3;/h5-10,14H,4,11-13H2,1-3H3,(H2,20,22,23);1H. The van der Waals surface area contributed by atoms with E-state index in [2.05, 4.69) is 45.9 Å². The minimum Gasteiger partial charge on any atom is -0.357 e. The molecule has 0 fully saturated rings. The third kappa shape index (κ3) is 7.64. The zero-order chi connectivity index (χ0) is 17.4. The van der Waals surface area contributed by atoms with Gasteiger partial charge in [0.1, 0.15) is 5.82 Å². The molecule has 5 nitrogen and oxygen atoms in total. The Morgan fingerprint density at radius 1 is 1.32 bits per heavy atom. The number of halogens is 2. The van der Waals surface area contributed by atoms with Crippen molar-refractivity contribution in [2.45, 2.75) is 40.4 Å². The summed E-state index contributed by atoms with van der Waals surface area (Å²) >= 11 is 6.02. The van der Waals surface area contributed by atoms with Crippen molar-refractivity contribution in [2.24, 2.45) is 10.9 Å². The van der Waals surface area contributed by atoms with Crippen LogP contribution in [0.25, 0.3) is 0 Å². The monoisotopic (exact) mass is 475 g/mol. The van der Waals surface area contributed by atoms with Gasteiger partial charge in [0.05, 0.1) is 13.1 Å². The predicted octanol–water partition coefficient (Wildman–Crippen LogP) is 4.07. The van der Waals surface area contributed by atoms with E-state index >= 15 is 0 Å². The van der Waals surface area contributed by atoms with Gasteiger partial charge in [0.25, 0.3) is 0 Å². The van der Waals surface area contributed by atoms with E-state index in [-0.39, 0.29) is 24.0 Å². The Bertz CT molecular complexity index is 669. The van der Waals surface area contributed by atoms with E-state index in [0.29, 0.717) is 19.0 Å². The topological polar surface area (TPSA) is 54.2 Å². The highest BCUT2D eigenvalue weighted by Crippen LogP contribution is 2.11. The van der Waals surface area contributed by atoms with Crippen molar-refractivity contribution in [1.82, 2.24) is 20.2 Å². The average molecular weight is 476 g/mol. The van der Waals surface area contributed by atoms with Crippen molar-refractivity contribution in [1.29, 1.82) is 0 Å². The number of guanidine groups is 1. The van der Waals surface area contributed by atoms with Gasteiger partial charge in [0, 0.05) is 30.5 Å². The lowest BCUT2D eigenvalue weighted by atomic mass is 10.2. The average Bonchev–Trinajstić information content (AvgIpc) is 2.96. The Hall–Kier alpha value is -1.28. The zero-order valence-corrected chi connectivity index (χ0v) is 18.1. The molecule has 0 saturated carbocycles. The van der Waals surface area contributed by atoms with Gasteiger partial charge in [-0.25, -0.2) is 9.98 Å². The number of nitrogens with zero attached hydrogens (tertiary/aromatic N) is 3. The number of aromatic nitrogens is 2. The number of hydrogen-bond acceptors (Lipinski definition) is 2. The molecule has 25 heavy (non-hydrogen) atoms. The molecule has 0 aliphatic heterocycles. The molecule has 0 atom stereocenters. The van der Waals surface area contributed by atoms with Crippen LogP contribution in [0.2, 0.25) is 5.02 Å². The van der Waals surface area contributed by atoms with Crippen LogP contribution in [0.4, 0.5) is 0 Å². The molecule has 1 heterocycles. The molecule has 0 saturated heterocycles. The second kappa shape index (κ2) is 11.4. The maximum absolute atomic E-state index is 6.02. The minimum atomic E-state index is 0. The molecule has 1 aromatic carbocycles. The third-order valence-electron chi connectivity index (χ3n) is 3.43. The highest BCUT2D eigenvalue weighted by atomic mass is 127. The molecule has 0 spiro atoms. The van der Waals surface area contributed by atoms with Gasteiger partial charge in [-0.05, 0) is 30.5 Å². The summed E-state index contributed by atoms with van der Waals surface area (Å²) in [5.74, 6) is 2.37. The van der Waals surface area contributed by atoms with Crippen LogP contribution in [0.15, 0.2) is 41.7 Å². The van der Waals surface area contributed by atoms with E-state index in [1.54, 1.807) is 0 Å².